The highest BCUT2D eigenvalue weighted by Crippen LogP contribution is 2.24. The number of esters is 1. The number of aryl methyl sites for hydroxylation is 2. The van der Waals surface area contributed by atoms with Gasteiger partial charge in [0, 0.05) is 30.4 Å². The fourth-order valence-electron chi connectivity index (χ4n) is 4.31. The van der Waals surface area contributed by atoms with Crippen molar-refractivity contribution in [3.8, 4) is 5.75 Å². The molecule has 0 saturated carbocycles. The van der Waals surface area contributed by atoms with Crippen LogP contribution in [0.3, 0.4) is 0 Å². The second-order valence-corrected chi connectivity index (χ2v) is 10.9. The van der Waals surface area contributed by atoms with Gasteiger partial charge in [-0.3, -0.25) is 9.59 Å². The summed E-state index contributed by atoms with van der Waals surface area (Å²) in [6, 6.07) is 22.3. The molecule has 0 radical (unpaired) electrons. The Balaban J connectivity index is 0.000000488. The molecule has 0 spiro atoms. The van der Waals surface area contributed by atoms with Crippen LogP contribution >= 0.6 is 0 Å². The summed E-state index contributed by atoms with van der Waals surface area (Å²) in [5, 5.41) is 2.36. The Morgan fingerprint density at radius 1 is 0.932 bits per heavy atom. The van der Waals surface area contributed by atoms with Crippen molar-refractivity contribution >= 4 is 55.7 Å². The molecule has 11 nitrogen and oxygen atoms in total. The fraction of sp³-hybridized carbons (Fsp3) is 0.207. The molecule has 2 amide bonds. The van der Waals surface area contributed by atoms with E-state index in [-0.39, 0.29) is 19.3 Å². The van der Waals surface area contributed by atoms with Gasteiger partial charge in [-0.05, 0) is 42.3 Å². The van der Waals surface area contributed by atoms with Crippen molar-refractivity contribution in [1.29, 1.82) is 0 Å². The number of amides is 2. The summed E-state index contributed by atoms with van der Waals surface area (Å²) in [5.74, 6) is -1.76. The maximum atomic E-state index is 13.0. The van der Waals surface area contributed by atoms with E-state index >= 15 is 0 Å². The number of hydrogen-bond donors (Lipinski definition) is 0. The van der Waals surface area contributed by atoms with Gasteiger partial charge >= 0.3 is 17.4 Å². The normalized spacial score (nSPS) is 13.5. The van der Waals surface area contributed by atoms with Crippen LogP contribution in [0.5, 0.6) is 5.75 Å². The molecule has 4 aromatic rings. The van der Waals surface area contributed by atoms with Gasteiger partial charge in [-0.1, -0.05) is 30.3 Å². The number of imide groups is 1. The Morgan fingerprint density at radius 3 is 2.14 bits per heavy atom. The van der Waals surface area contributed by atoms with E-state index in [1.165, 1.54) is 0 Å². The Morgan fingerprint density at radius 2 is 1.52 bits per heavy atom. The van der Waals surface area contributed by atoms with Crippen molar-refractivity contribution in [3.05, 3.63) is 83.9 Å². The number of rotatable bonds is 6. The van der Waals surface area contributed by atoms with E-state index in [1.54, 1.807) is 30.3 Å². The van der Waals surface area contributed by atoms with Crippen LogP contribution in [0.4, 0.5) is 13.2 Å². The molecular weight excluding hydrogens is 609 g/mol. The number of hydroxylamine groups is 2. The van der Waals surface area contributed by atoms with Gasteiger partial charge in [-0.25, -0.2) is 18.0 Å². The summed E-state index contributed by atoms with van der Waals surface area (Å²) in [6.45, 7) is 0. The predicted molar refractivity (Wildman–Crippen MR) is 145 cm³/mol. The molecule has 1 aromatic heterocycles. The number of benzene rings is 3. The van der Waals surface area contributed by atoms with Gasteiger partial charge in [0.2, 0.25) is 11.0 Å². The second-order valence-electron chi connectivity index (χ2n) is 9.48. The smallest absolute Gasteiger partial charge is 0.485 e. The number of halogens is 3. The lowest BCUT2D eigenvalue weighted by molar-refractivity contribution is -0.617. The molecule has 1 fully saturated rings. The Bertz CT molecular complexity index is 1860. The molecule has 1 aliphatic heterocycles. The topological polar surface area (TPSA) is 151 Å². The third-order valence-corrected chi connectivity index (χ3v) is 7.06. The van der Waals surface area contributed by atoms with Gasteiger partial charge in [0.25, 0.3) is 11.8 Å². The van der Waals surface area contributed by atoms with Gasteiger partial charge < -0.3 is 14.1 Å². The second kappa shape index (κ2) is 12.8. The van der Waals surface area contributed by atoms with E-state index in [0.717, 1.165) is 27.4 Å². The first kappa shape index (κ1) is 32.0. The third kappa shape index (κ3) is 7.36. The molecule has 0 aliphatic carbocycles. The average molecular weight is 633 g/mol. The lowest BCUT2D eigenvalue weighted by Gasteiger charge is -2.12. The monoisotopic (exact) mass is 632 g/mol. The largest absolute Gasteiger partial charge is 0.741 e. The predicted octanol–water partition coefficient (Wildman–Crippen LogP) is 3.63. The lowest BCUT2D eigenvalue weighted by atomic mass is 10.0. The van der Waals surface area contributed by atoms with Crippen molar-refractivity contribution in [3.63, 3.8) is 0 Å². The van der Waals surface area contributed by atoms with E-state index in [2.05, 4.69) is 4.57 Å². The minimum atomic E-state index is -6.09. The molecule has 0 atom stereocenters. The van der Waals surface area contributed by atoms with E-state index in [4.69, 9.17) is 22.5 Å². The van der Waals surface area contributed by atoms with Gasteiger partial charge in [-0.2, -0.15) is 17.7 Å². The summed E-state index contributed by atoms with van der Waals surface area (Å²) in [4.78, 5) is 53.0. The van der Waals surface area contributed by atoms with Crippen molar-refractivity contribution in [1.82, 2.24) is 5.06 Å². The maximum Gasteiger partial charge on any atom is 0.485 e. The van der Waals surface area contributed by atoms with Gasteiger partial charge in [-0.15, -0.1) is 5.06 Å². The summed E-state index contributed by atoms with van der Waals surface area (Å²) in [5.41, 5.74) is -2.38. The molecule has 1 saturated heterocycles. The zero-order valence-electron chi connectivity index (χ0n) is 22.9. The third-order valence-electron chi connectivity index (χ3n) is 6.50. The number of carbonyl (C=O) groups is 4. The first-order chi connectivity index (χ1) is 20.7. The molecule has 0 N–H and O–H groups in total. The average Bonchev–Trinajstić information content (AvgIpc) is 3.28. The fourth-order valence-corrected chi connectivity index (χ4v) is 4.31. The van der Waals surface area contributed by atoms with Gasteiger partial charge in [0.1, 0.15) is 12.8 Å². The van der Waals surface area contributed by atoms with Crippen molar-refractivity contribution in [2.45, 2.75) is 31.2 Å². The summed E-state index contributed by atoms with van der Waals surface area (Å²) in [6.07, 6.45) is 0.452. The number of fused-ring (bicyclic) bond motifs is 2. The van der Waals surface area contributed by atoms with Crippen LogP contribution in [0.15, 0.2) is 72.8 Å². The molecule has 230 valence electrons. The van der Waals surface area contributed by atoms with E-state index in [0.29, 0.717) is 22.8 Å². The zero-order valence-corrected chi connectivity index (χ0v) is 23.7. The van der Waals surface area contributed by atoms with Gasteiger partial charge in [0.05, 0.1) is 17.4 Å². The highest BCUT2D eigenvalue weighted by Gasteiger charge is 2.37. The molecule has 1 aliphatic rings. The number of pyridine rings is 1. The highest BCUT2D eigenvalue weighted by atomic mass is 32.2. The molecule has 5 rings (SSSR count). The number of aromatic nitrogens is 1. The number of alkyl halides is 3. The first-order valence-electron chi connectivity index (χ1n) is 12.9. The molecule has 15 heteroatoms. The summed E-state index contributed by atoms with van der Waals surface area (Å²) >= 11 is 0. The summed E-state index contributed by atoms with van der Waals surface area (Å²) < 4.78 is 66.6. The maximum absolute atomic E-state index is 13.0. The number of para-hydroxylation sites is 1. The van der Waals surface area contributed by atoms with Crippen molar-refractivity contribution in [2.75, 3.05) is 0 Å². The van der Waals surface area contributed by atoms with Crippen molar-refractivity contribution < 1.29 is 59.5 Å². The van der Waals surface area contributed by atoms with Crippen LogP contribution in [0.1, 0.15) is 35.2 Å². The molecule has 2 heterocycles. The van der Waals surface area contributed by atoms with Crippen LogP contribution in [-0.2, 0) is 42.8 Å². The van der Waals surface area contributed by atoms with E-state index < -0.39 is 39.4 Å². The standard InChI is InChI=1S/C28H23N2O6.CHF3O3S/c1-29-23-7-3-2-5-19(23)17-22-21(6-4-8-24(22)29)28(34)35-20-12-9-18(10-13-20)11-16-27(33)36-30-25(31)14-15-26(30)32;2-1(3,4)8(5,6)7/h2-10,12-13,17H,11,14-16H2,1H3;(H,5,6,7)/q+1;/p-1. The lowest BCUT2D eigenvalue weighted by Crippen LogP contribution is -2.32. The van der Waals surface area contributed by atoms with Crippen LogP contribution in [0.2, 0.25) is 0 Å². The zero-order chi connectivity index (χ0) is 32.2. The van der Waals surface area contributed by atoms with Crippen LogP contribution in [-0.4, -0.2) is 47.3 Å². The van der Waals surface area contributed by atoms with Gasteiger partial charge in [0.15, 0.2) is 10.1 Å². The van der Waals surface area contributed by atoms with Crippen molar-refractivity contribution in [2.24, 2.45) is 7.05 Å². The number of hydrogen-bond acceptors (Lipinski definition) is 9. The minimum absolute atomic E-state index is 0.00280. The number of ether oxygens (including phenoxy) is 1. The van der Waals surface area contributed by atoms with Crippen LogP contribution in [0.25, 0.3) is 21.8 Å². The Kier molecular flexibility index (Phi) is 9.30. The van der Waals surface area contributed by atoms with E-state index in [1.807, 2.05) is 49.5 Å². The molecule has 3 aromatic carbocycles. The Labute approximate surface area is 248 Å². The number of carbonyl (C=O) groups excluding carboxylic acids is 4. The van der Waals surface area contributed by atoms with Crippen LogP contribution < -0.4 is 9.30 Å². The molecular formula is C29H23F3N2O9S. The number of nitrogens with zero attached hydrogens (tertiary/aromatic N) is 2. The first-order valence-corrected chi connectivity index (χ1v) is 14.3. The van der Waals surface area contributed by atoms with Crippen LogP contribution in [0, 0.1) is 0 Å². The SMILES string of the molecule is C[n+]1c2ccccc2cc2c(C(=O)Oc3ccc(CCC(=O)ON4C(=O)CCC4=O)cc3)cccc21.O=S(=O)([O-])C(F)(F)F. The molecule has 0 unspecified atom stereocenters. The Hall–Kier alpha value is -4.89. The van der Waals surface area contributed by atoms with E-state index in [9.17, 15) is 32.3 Å². The summed E-state index contributed by atoms with van der Waals surface area (Å²) in [7, 11) is -4.12. The highest BCUT2D eigenvalue weighted by molar-refractivity contribution is 7.86. The molecule has 0 bridgehead atoms. The quantitative estimate of drug-likeness (QED) is 0.0590. The minimum Gasteiger partial charge on any atom is -0.741 e. The molecule has 44 heavy (non-hydrogen) atoms.